The predicted octanol–water partition coefficient (Wildman–Crippen LogP) is 8.96. The summed E-state index contributed by atoms with van der Waals surface area (Å²) in [5, 5.41) is 0. The molecule has 0 unspecified atom stereocenters. The molecule has 1 rings (SSSR count). The molecule has 0 aliphatic heterocycles. The fourth-order valence-corrected chi connectivity index (χ4v) is 3.11. The second kappa shape index (κ2) is 20.5. The van der Waals surface area contributed by atoms with Crippen LogP contribution in [0.4, 0.5) is 0 Å². The van der Waals surface area contributed by atoms with Crippen molar-refractivity contribution in [1.29, 1.82) is 0 Å². The molecule has 0 saturated heterocycles. The Morgan fingerprint density at radius 2 is 0.444 bits per heavy atom. The van der Waals surface area contributed by atoms with E-state index in [9.17, 15) is 0 Å². The molecule has 0 heteroatoms. The van der Waals surface area contributed by atoms with Gasteiger partial charge in [0.25, 0.3) is 0 Å². The summed E-state index contributed by atoms with van der Waals surface area (Å²) in [6, 6.07) is 0. The van der Waals surface area contributed by atoms with Crippen LogP contribution in [-0.4, -0.2) is 0 Å². The first-order valence-electron chi connectivity index (χ1n) is 11.1. The van der Waals surface area contributed by atoms with Crippen LogP contribution in [0.5, 0.6) is 0 Å². The fraction of sp³-hybridized carbons (Fsp3) is 0.481. The monoisotopic (exact) mass is 364 g/mol. The molecule has 0 aromatic rings. The Balaban J connectivity index is 2.32. The van der Waals surface area contributed by atoms with Crippen molar-refractivity contribution < 1.29 is 0 Å². The largest absolute Gasteiger partial charge is 0.0845 e. The maximum absolute atomic E-state index is 2.29. The lowest BCUT2D eigenvalue weighted by atomic mass is 10.0. The average Bonchev–Trinajstić information content (AvgIpc) is 2.68. The SMILES string of the molecule is C1=CCCCCCCCCCCCCC/C=C/C=C/C=C\C=C\C=C\C=C\1. The van der Waals surface area contributed by atoms with Gasteiger partial charge in [-0.3, -0.25) is 0 Å². The topological polar surface area (TPSA) is 0 Å². The van der Waals surface area contributed by atoms with E-state index in [0.29, 0.717) is 0 Å². The van der Waals surface area contributed by atoms with Crippen molar-refractivity contribution in [3.63, 3.8) is 0 Å². The standard InChI is InChI=1S/C27H40/c1-2-4-6-8-10-12-14-16-18-20-22-24-26-27-25-23-21-19-17-15-13-11-9-7-5-3-1/h1-14H,15-27H2/b2-1+,5-3-,6-4+,9-7+,10-8+,13-11+,14-12?. The molecule has 0 amide bonds. The average molecular weight is 365 g/mol. The van der Waals surface area contributed by atoms with Crippen molar-refractivity contribution in [2.24, 2.45) is 0 Å². The van der Waals surface area contributed by atoms with E-state index in [1.165, 1.54) is 83.5 Å². The lowest BCUT2D eigenvalue weighted by molar-refractivity contribution is 0.547. The van der Waals surface area contributed by atoms with E-state index >= 15 is 0 Å². The van der Waals surface area contributed by atoms with Gasteiger partial charge in [-0.2, -0.15) is 0 Å². The summed E-state index contributed by atoms with van der Waals surface area (Å²) >= 11 is 0. The molecule has 27 heavy (non-hydrogen) atoms. The minimum atomic E-state index is 1.21. The third kappa shape index (κ3) is 18.8. The molecular formula is C27H40. The van der Waals surface area contributed by atoms with Crippen molar-refractivity contribution in [2.75, 3.05) is 0 Å². The van der Waals surface area contributed by atoms with E-state index in [2.05, 4.69) is 85.1 Å². The summed E-state index contributed by atoms with van der Waals surface area (Å²) in [6.45, 7) is 0. The second-order valence-corrected chi connectivity index (χ2v) is 7.25. The molecule has 0 bridgehead atoms. The summed E-state index contributed by atoms with van der Waals surface area (Å²) in [5.74, 6) is 0. The molecule has 0 heterocycles. The van der Waals surface area contributed by atoms with Gasteiger partial charge in [-0.1, -0.05) is 143 Å². The lowest BCUT2D eigenvalue weighted by Gasteiger charge is -2.02. The Morgan fingerprint density at radius 3 is 0.741 bits per heavy atom. The first-order valence-corrected chi connectivity index (χ1v) is 11.1. The van der Waals surface area contributed by atoms with E-state index in [1.807, 2.05) is 0 Å². The molecule has 0 radical (unpaired) electrons. The van der Waals surface area contributed by atoms with Crippen LogP contribution in [0.3, 0.4) is 0 Å². The third-order valence-electron chi connectivity index (χ3n) is 4.74. The first kappa shape index (κ1) is 23.2. The van der Waals surface area contributed by atoms with Gasteiger partial charge in [-0.15, -0.1) is 0 Å². The van der Waals surface area contributed by atoms with Crippen molar-refractivity contribution >= 4 is 0 Å². The highest BCUT2D eigenvalue weighted by Gasteiger charge is 1.93. The van der Waals surface area contributed by atoms with Crippen LogP contribution in [0.2, 0.25) is 0 Å². The zero-order valence-electron chi connectivity index (χ0n) is 17.3. The van der Waals surface area contributed by atoms with Crippen LogP contribution in [0, 0.1) is 0 Å². The summed E-state index contributed by atoms with van der Waals surface area (Å²) in [7, 11) is 0. The van der Waals surface area contributed by atoms with E-state index in [0.717, 1.165) is 0 Å². The van der Waals surface area contributed by atoms with Gasteiger partial charge in [0.2, 0.25) is 0 Å². The lowest BCUT2D eigenvalue weighted by Crippen LogP contribution is -1.82. The number of rotatable bonds is 0. The minimum absolute atomic E-state index is 1.21. The van der Waals surface area contributed by atoms with E-state index in [-0.39, 0.29) is 0 Å². The quantitative estimate of drug-likeness (QED) is 0.402. The molecule has 0 saturated carbocycles. The first-order chi connectivity index (χ1) is 13.5. The third-order valence-corrected chi connectivity index (χ3v) is 4.74. The van der Waals surface area contributed by atoms with Gasteiger partial charge in [-0.25, -0.2) is 0 Å². The normalized spacial score (nSPS) is 27.0. The van der Waals surface area contributed by atoms with Crippen molar-refractivity contribution in [1.82, 2.24) is 0 Å². The highest BCUT2D eigenvalue weighted by molar-refractivity contribution is 5.20. The number of hydrogen-bond donors (Lipinski definition) is 0. The predicted molar refractivity (Wildman–Crippen MR) is 124 cm³/mol. The van der Waals surface area contributed by atoms with Crippen LogP contribution >= 0.6 is 0 Å². The smallest absolute Gasteiger partial charge is 0.0348 e. The highest BCUT2D eigenvalue weighted by atomic mass is 14.0. The van der Waals surface area contributed by atoms with Gasteiger partial charge in [0.15, 0.2) is 0 Å². The van der Waals surface area contributed by atoms with E-state index in [4.69, 9.17) is 0 Å². The molecule has 0 fully saturated rings. The zero-order chi connectivity index (χ0) is 19.1. The van der Waals surface area contributed by atoms with Crippen LogP contribution in [0.25, 0.3) is 0 Å². The molecule has 0 spiro atoms. The Labute approximate surface area is 168 Å². The Hall–Kier alpha value is -1.82. The molecule has 0 atom stereocenters. The fourth-order valence-electron chi connectivity index (χ4n) is 3.11. The summed E-state index contributed by atoms with van der Waals surface area (Å²) in [6.07, 6.45) is 47.5. The zero-order valence-corrected chi connectivity index (χ0v) is 17.3. The Kier molecular flexibility index (Phi) is 17.6. The molecule has 0 nitrogen and oxygen atoms in total. The molecule has 1 aliphatic rings. The van der Waals surface area contributed by atoms with E-state index < -0.39 is 0 Å². The van der Waals surface area contributed by atoms with Crippen LogP contribution in [0.15, 0.2) is 85.1 Å². The van der Waals surface area contributed by atoms with Gasteiger partial charge in [0.1, 0.15) is 0 Å². The van der Waals surface area contributed by atoms with Gasteiger partial charge in [0, 0.05) is 0 Å². The van der Waals surface area contributed by atoms with Crippen molar-refractivity contribution in [2.45, 2.75) is 83.5 Å². The Bertz CT molecular complexity index is 462. The maximum atomic E-state index is 2.29. The highest BCUT2D eigenvalue weighted by Crippen LogP contribution is 2.12. The molecule has 148 valence electrons. The summed E-state index contributed by atoms with van der Waals surface area (Å²) in [5.41, 5.74) is 0. The van der Waals surface area contributed by atoms with Crippen LogP contribution in [-0.2, 0) is 0 Å². The van der Waals surface area contributed by atoms with E-state index in [1.54, 1.807) is 0 Å². The maximum Gasteiger partial charge on any atom is -0.0348 e. The van der Waals surface area contributed by atoms with Crippen molar-refractivity contribution in [3.05, 3.63) is 85.1 Å². The van der Waals surface area contributed by atoms with Crippen LogP contribution < -0.4 is 0 Å². The molecule has 0 N–H and O–H groups in total. The van der Waals surface area contributed by atoms with Gasteiger partial charge in [-0.05, 0) is 25.7 Å². The molecule has 1 aliphatic carbocycles. The summed E-state index contributed by atoms with van der Waals surface area (Å²) < 4.78 is 0. The second-order valence-electron chi connectivity index (χ2n) is 7.25. The van der Waals surface area contributed by atoms with Gasteiger partial charge >= 0.3 is 0 Å². The molecular weight excluding hydrogens is 324 g/mol. The molecule has 0 aromatic heterocycles. The van der Waals surface area contributed by atoms with Crippen LogP contribution in [0.1, 0.15) is 83.5 Å². The summed E-state index contributed by atoms with van der Waals surface area (Å²) in [4.78, 5) is 0. The molecule has 0 aromatic carbocycles. The number of allylic oxidation sites excluding steroid dienone is 14. The minimum Gasteiger partial charge on any atom is -0.0845 e. The van der Waals surface area contributed by atoms with Gasteiger partial charge < -0.3 is 0 Å². The number of hydrogen-bond acceptors (Lipinski definition) is 0. The van der Waals surface area contributed by atoms with Gasteiger partial charge in [0.05, 0.1) is 0 Å². The Morgan fingerprint density at radius 1 is 0.222 bits per heavy atom. The van der Waals surface area contributed by atoms with Crippen molar-refractivity contribution in [3.8, 4) is 0 Å².